The van der Waals surface area contributed by atoms with E-state index in [0.29, 0.717) is 11.7 Å². The molecule has 0 N–H and O–H groups in total. The Kier molecular flexibility index (Phi) is 3.37. The fourth-order valence-corrected chi connectivity index (χ4v) is 2.30. The maximum absolute atomic E-state index is 12.6. The number of hydrogen-bond donors (Lipinski definition) is 0. The summed E-state index contributed by atoms with van der Waals surface area (Å²) in [6.07, 6.45) is 4.70. The summed E-state index contributed by atoms with van der Waals surface area (Å²) < 4.78 is 0. The topological polar surface area (TPSA) is 17.1 Å². The zero-order valence-corrected chi connectivity index (χ0v) is 11.1. The van der Waals surface area contributed by atoms with E-state index in [9.17, 15) is 4.79 Å². The van der Waals surface area contributed by atoms with Gasteiger partial charge in [0.15, 0.2) is 5.78 Å². The molecule has 1 aromatic carbocycles. The van der Waals surface area contributed by atoms with E-state index in [1.54, 1.807) is 0 Å². The molecule has 1 aliphatic rings. The third kappa shape index (κ3) is 2.29. The van der Waals surface area contributed by atoms with Crippen molar-refractivity contribution in [3.63, 3.8) is 0 Å². The van der Waals surface area contributed by atoms with Crippen molar-refractivity contribution in [2.24, 2.45) is 5.41 Å². The summed E-state index contributed by atoms with van der Waals surface area (Å²) in [5, 5.41) is 0. The lowest BCUT2D eigenvalue weighted by Gasteiger charge is -2.30. The summed E-state index contributed by atoms with van der Waals surface area (Å²) in [5.41, 5.74) is 2.01. The average Bonchev–Trinajstić information content (AvgIpc) is 2.26. The number of hydrogen-bond acceptors (Lipinski definition) is 1. The summed E-state index contributed by atoms with van der Waals surface area (Å²) in [6.45, 7) is 6.18. The first-order valence-corrected chi connectivity index (χ1v) is 6.70. The van der Waals surface area contributed by atoms with E-state index in [-0.39, 0.29) is 5.41 Å². The first-order valence-electron chi connectivity index (χ1n) is 6.70. The minimum Gasteiger partial charge on any atom is -0.294 e. The number of ketones is 1. The Balaban J connectivity index is 2.34. The van der Waals surface area contributed by atoms with Gasteiger partial charge in [0.2, 0.25) is 0 Å². The fourth-order valence-electron chi connectivity index (χ4n) is 2.30. The van der Waals surface area contributed by atoms with Crippen molar-refractivity contribution in [1.82, 2.24) is 0 Å². The summed E-state index contributed by atoms with van der Waals surface area (Å²) >= 11 is 0. The van der Waals surface area contributed by atoms with Gasteiger partial charge in [0.25, 0.3) is 0 Å². The van der Waals surface area contributed by atoms with Crippen LogP contribution in [-0.4, -0.2) is 5.78 Å². The van der Waals surface area contributed by atoms with Gasteiger partial charge in [-0.3, -0.25) is 4.79 Å². The van der Waals surface area contributed by atoms with Gasteiger partial charge in [0.05, 0.1) is 0 Å². The van der Waals surface area contributed by atoms with E-state index < -0.39 is 0 Å². The monoisotopic (exact) mass is 230 g/mol. The van der Waals surface area contributed by atoms with Gasteiger partial charge in [0, 0.05) is 11.0 Å². The van der Waals surface area contributed by atoms with E-state index >= 15 is 0 Å². The zero-order valence-electron chi connectivity index (χ0n) is 11.1. The SMILES string of the molecule is CCC(C)(C)C(=O)c1ccccc1C1CCC1. The molecule has 0 bridgehead atoms. The number of carbonyl (C=O) groups is 1. The standard InChI is InChI=1S/C16H22O/c1-4-16(2,3)15(17)14-11-6-5-10-13(14)12-8-7-9-12/h5-6,10-12H,4,7-9H2,1-3H3. The third-order valence-electron chi connectivity index (χ3n) is 4.25. The summed E-state index contributed by atoms with van der Waals surface area (Å²) in [6, 6.07) is 8.20. The minimum absolute atomic E-state index is 0.236. The van der Waals surface area contributed by atoms with E-state index in [1.807, 2.05) is 26.0 Å². The van der Waals surface area contributed by atoms with Crippen molar-refractivity contribution in [3.8, 4) is 0 Å². The Morgan fingerprint density at radius 3 is 2.47 bits per heavy atom. The van der Waals surface area contributed by atoms with Crippen LogP contribution in [0.1, 0.15) is 68.3 Å². The second kappa shape index (κ2) is 4.64. The molecule has 1 aliphatic carbocycles. The van der Waals surface area contributed by atoms with Crippen LogP contribution >= 0.6 is 0 Å². The predicted molar refractivity (Wildman–Crippen MR) is 71.4 cm³/mol. The quantitative estimate of drug-likeness (QED) is 0.692. The van der Waals surface area contributed by atoms with Crippen LogP contribution in [0.4, 0.5) is 0 Å². The molecular formula is C16H22O. The smallest absolute Gasteiger partial charge is 0.168 e. The van der Waals surface area contributed by atoms with Gasteiger partial charge in [-0.1, -0.05) is 51.5 Å². The molecule has 0 heterocycles. The molecule has 17 heavy (non-hydrogen) atoms. The average molecular weight is 230 g/mol. The lowest BCUT2D eigenvalue weighted by atomic mass is 9.74. The van der Waals surface area contributed by atoms with Crippen LogP contribution in [0, 0.1) is 5.41 Å². The molecule has 0 aromatic heterocycles. The molecule has 1 nitrogen and oxygen atoms in total. The lowest BCUT2D eigenvalue weighted by molar-refractivity contribution is 0.0830. The van der Waals surface area contributed by atoms with E-state index in [2.05, 4.69) is 19.1 Å². The molecule has 0 aliphatic heterocycles. The molecule has 1 aromatic rings. The Bertz CT molecular complexity index is 413. The van der Waals surface area contributed by atoms with Crippen LogP contribution in [0.15, 0.2) is 24.3 Å². The zero-order chi connectivity index (χ0) is 12.5. The molecule has 0 unspecified atom stereocenters. The van der Waals surface area contributed by atoms with Crippen LogP contribution < -0.4 is 0 Å². The number of Topliss-reactive ketones (excluding diaryl/α,β-unsaturated/α-hetero) is 1. The third-order valence-corrected chi connectivity index (χ3v) is 4.25. The molecule has 1 fully saturated rings. The van der Waals surface area contributed by atoms with Crippen molar-refractivity contribution < 1.29 is 4.79 Å². The number of benzene rings is 1. The molecule has 1 saturated carbocycles. The largest absolute Gasteiger partial charge is 0.294 e. The molecule has 0 spiro atoms. The lowest BCUT2D eigenvalue weighted by Crippen LogP contribution is -2.25. The van der Waals surface area contributed by atoms with E-state index in [0.717, 1.165) is 12.0 Å². The Morgan fingerprint density at radius 2 is 1.94 bits per heavy atom. The highest BCUT2D eigenvalue weighted by Crippen LogP contribution is 2.39. The van der Waals surface area contributed by atoms with Crippen molar-refractivity contribution in [2.75, 3.05) is 0 Å². The molecule has 1 heteroatoms. The van der Waals surface area contributed by atoms with Crippen molar-refractivity contribution in [1.29, 1.82) is 0 Å². The van der Waals surface area contributed by atoms with Crippen LogP contribution in [0.25, 0.3) is 0 Å². The second-order valence-electron chi connectivity index (χ2n) is 5.78. The van der Waals surface area contributed by atoms with Crippen molar-refractivity contribution in [3.05, 3.63) is 35.4 Å². The van der Waals surface area contributed by atoms with Gasteiger partial charge in [-0.25, -0.2) is 0 Å². The molecule has 92 valence electrons. The Labute approximate surface area is 104 Å². The Hall–Kier alpha value is -1.11. The normalized spacial score (nSPS) is 16.6. The van der Waals surface area contributed by atoms with Crippen LogP contribution in [0.5, 0.6) is 0 Å². The van der Waals surface area contributed by atoms with Gasteiger partial charge < -0.3 is 0 Å². The van der Waals surface area contributed by atoms with Crippen molar-refractivity contribution in [2.45, 2.75) is 52.4 Å². The number of rotatable bonds is 4. The van der Waals surface area contributed by atoms with Gasteiger partial charge in [-0.2, -0.15) is 0 Å². The maximum Gasteiger partial charge on any atom is 0.168 e. The van der Waals surface area contributed by atoms with Crippen LogP contribution in [0.3, 0.4) is 0 Å². The second-order valence-corrected chi connectivity index (χ2v) is 5.78. The highest BCUT2D eigenvalue weighted by Gasteiger charge is 2.31. The summed E-state index contributed by atoms with van der Waals surface area (Å²) in [7, 11) is 0. The first kappa shape index (κ1) is 12.3. The molecule has 0 radical (unpaired) electrons. The highest BCUT2D eigenvalue weighted by atomic mass is 16.1. The summed E-state index contributed by atoms with van der Waals surface area (Å²) in [4.78, 5) is 12.6. The van der Waals surface area contributed by atoms with Crippen molar-refractivity contribution >= 4 is 5.78 Å². The molecule has 2 rings (SSSR count). The maximum atomic E-state index is 12.6. The highest BCUT2D eigenvalue weighted by molar-refractivity contribution is 6.01. The van der Waals surface area contributed by atoms with E-state index in [4.69, 9.17) is 0 Å². The fraction of sp³-hybridized carbons (Fsp3) is 0.562. The Morgan fingerprint density at radius 1 is 1.29 bits per heavy atom. The molecule has 0 atom stereocenters. The summed E-state index contributed by atoms with van der Waals surface area (Å²) in [5.74, 6) is 0.935. The number of carbonyl (C=O) groups excluding carboxylic acids is 1. The minimum atomic E-state index is -0.236. The van der Waals surface area contributed by atoms with Gasteiger partial charge in [-0.15, -0.1) is 0 Å². The molecule has 0 saturated heterocycles. The first-order chi connectivity index (χ1) is 8.06. The predicted octanol–water partition coefficient (Wildman–Crippen LogP) is 4.57. The molecule has 0 amide bonds. The van der Waals surface area contributed by atoms with Gasteiger partial charge in [0.1, 0.15) is 0 Å². The van der Waals surface area contributed by atoms with Crippen LogP contribution in [0.2, 0.25) is 0 Å². The van der Waals surface area contributed by atoms with Crippen LogP contribution in [-0.2, 0) is 0 Å². The van der Waals surface area contributed by atoms with E-state index in [1.165, 1.54) is 24.8 Å². The van der Waals surface area contributed by atoms with Gasteiger partial charge in [-0.05, 0) is 30.7 Å². The molecular weight excluding hydrogens is 208 g/mol. The van der Waals surface area contributed by atoms with Gasteiger partial charge >= 0.3 is 0 Å².